The van der Waals surface area contributed by atoms with Crippen molar-refractivity contribution in [2.75, 3.05) is 6.61 Å². The summed E-state index contributed by atoms with van der Waals surface area (Å²) in [5.41, 5.74) is 0.313. The van der Waals surface area contributed by atoms with Crippen LogP contribution in [0.5, 0.6) is 11.5 Å². The zero-order chi connectivity index (χ0) is 18.4. The van der Waals surface area contributed by atoms with E-state index < -0.39 is 6.10 Å². The molecule has 0 aliphatic carbocycles. The predicted octanol–water partition coefficient (Wildman–Crippen LogP) is 2.35. The Hall–Kier alpha value is -3.26. The quantitative estimate of drug-likeness (QED) is 0.533. The van der Waals surface area contributed by atoms with Crippen LogP contribution in [0.3, 0.4) is 0 Å². The molecule has 0 saturated heterocycles. The third kappa shape index (κ3) is 2.83. The van der Waals surface area contributed by atoms with Crippen molar-refractivity contribution in [2.24, 2.45) is 0 Å². The molecule has 0 saturated carbocycles. The molecule has 134 valence electrons. The number of thiazole rings is 1. The summed E-state index contributed by atoms with van der Waals surface area (Å²) < 4.78 is 26.6. The highest BCUT2D eigenvalue weighted by atomic mass is 32.1. The van der Waals surface area contributed by atoms with E-state index in [1.165, 1.54) is 28.0 Å². The summed E-state index contributed by atoms with van der Waals surface area (Å²) in [6.45, 7) is 0.269. The molecule has 0 amide bonds. The largest absolute Gasteiger partial charge is 0.485 e. The van der Waals surface area contributed by atoms with Gasteiger partial charge in [0, 0.05) is 0 Å². The number of hydrogen-bond donors (Lipinski definition) is 0. The first-order valence-electron chi connectivity index (χ1n) is 8.23. The Kier molecular flexibility index (Phi) is 3.64. The van der Waals surface area contributed by atoms with Crippen molar-refractivity contribution in [3.05, 3.63) is 80.6 Å². The van der Waals surface area contributed by atoms with E-state index in [4.69, 9.17) is 9.47 Å². The summed E-state index contributed by atoms with van der Waals surface area (Å²) in [6.07, 6.45) is 1.14. The minimum atomic E-state index is -0.484. The number of ether oxygens (including phenoxy) is 2. The second-order valence-electron chi connectivity index (χ2n) is 6.00. The number of benzene rings is 2. The lowest BCUT2D eigenvalue weighted by Crippen LogP contribution is -2.26. The molecular formula is C19H12FN3O3S. The molecule has 2 aromatic heterocycles. The zero-order valence-electron chi connectivity index (χ0n) is 13.8. The maximum absolute atomic E-state index is 13.3. The molecule has 0 bridgehead atoms. The van der Waals surface area contributed by atoms with Crippen molar-refractivity contribution < 1.29 is 13.9 Å². The van der Waals surface area contributed by atoms with Crippen LogP contribution in [0.1, 0.15) is 17.5 Å². The Balaban J connectivity index is 1.50. The highest BCUT2D eigenvalue weighted by molar-refractivity contribution is 7.15. The molecule has 0 radical (unpaired) electrons. The van der Waals surface area contributed by atoms with Gasteiger partial charge in [0.2, 0.25) is 4.96 Å². The summed E-state index contributed by atoms with van der Waals surface area (Å²) in [6, 6.07) is 13.4. The van der Waals surface area contributed by atoms with Crippen molar-refractivity contribution in [1.29, 1.82) is 0 Å². The predicted molar refractivity (Wildman–Crippen MR) is 97.6 cm³/mol. The van der Waals surface area contributed by atoms with Gasteiger partial charge in [-0.2, -0.15) is 9.50 Å². The summed E-state index contributed by atoms with van der Waals surface area (Å²) in [4.78, 5) is 17.5. The van der Waals surface area contributed by atoms with Gasteiger partial charge in [-0.3, -0.25) is 4.79 Å². The number of rotatable bonds is 2. The lowest BCUT2D eigenvalue weighted by molar-refractivity contribution is 0.0852. The summed E-state index contributed by atoms with van der Waals surface area (Å²) in [7, 11) is 0. The highest BCUT2D eigenvalue weighted by Crippen LogP contribution is 2.35. The molecule has 3 heterocycles. The number of nitrogens with zero attached hydrogens (tertiary/aromatic N) is 3. The van der Waals surface area contributed by atoms with Crippen LogP contribution in [0.2, 0.25) is 0 Å². The molecule has 8 heteroatoms. The molecule has 1 unspecified atom stereocenters. The highest BCUT2D eigenvalue weighted by Gasteiger charge is 2.27. The van der Waals surface area contributed by atoms with Crippen LogP contribution in [-0.2, 0) is 0 Å². The first-order chi connectivity index (χ1) is 13.2. The molecule has 5 rings (SSSR count). The van der Waals surface area contributed by atoms with Crippen molar-refractivity contribution in [3.8, 4) is 11.5 Å². The first kappa shape index (κ1) is 16.0. The zero-order valence-corrected chi connectivity index (χ0v) is 14.6. The van der Waals surface area contributed by atoms with Crippen LogP contribution in [0.15, 0.2) is 53.3 Å². The van der Waals surface area contributed by atoms with Gasteiger partial charge in [0.15, 0.2) is 23.4 Å². The van der Waals surface area contributed by atoms with Gasteiger partial charge >= 0.3 is 0 Å². The van der Waals surface area contributed by atoms with Crippen LogP contribution in [-0.4, -0.2) is 21.2 Å². The van der Waals surface area contributed by atoms with Crippen molar-refractivity contribution in [3.63, 3.8) is 0 Å². The van der Waals surface area contributed by atoms with Crippen LogP contribution in [0, 0.1) is 5.82 Å². The number of fused-ring (bicyclic) bond motifs is 2. The van der Waals surface area contributed by atoms with Gasteiger partial charge in [-0.05, 0) is 35.9 Å². The van der Waals surface area contributed by atoms with E-state index in [0.29, 0.717) is 32.4 Å². The molecule has 0 N–H and O–H groups in total. The number of aromatic nitrogens is 3. The Morgan fingerprint density at radius 3 is 2.85 bits per heavy atom. The lowest BCUT2D eigenvalue weighted by Gasteiger charge is -2.24. The minimum Gasteiger partial charge on any atom is -0.485 e. The molecule has 6 nitrogen and oxygen atoms in total. The van der Waals surface area contributed by atoms with E-state index >= 15 is 0 Å². The molecule has 4 aromatic rings. The van der Waals surface area contributed by atoms with Crippen LogP contribution in [0.4, 0.5) is 4.39 Å². The Bertz CT molecular complexity index is 1270. The molecule has 1 aliphatic heterocycles. The van der Waals surface area contributed by atoms with E-state index in [1.54, 1.807) is 18.2 Å². The molecule has 0 fully saturated rings. The molecular weight excluding hydrogens is 369 g/mol. The topological polar surface area (TPSA) is 65.7 Å². The van der Waals surface area contributed by atoms with Gasteiger partial charge in [-0.25, -0.2) is 4.39 Å². The summed E-state index contributed by atoms with van der Waals surface area (Å²) in [5, 5.41) is 4.29. The van der Waals surface area contributed by atoms with Crippen LogP contribution in [0.25, 0.3) is 11.0 Å². The monoisotopic (exact) mass is 381 g/mol. The maximum Gasteiger partial charge on any atom is 0.291 e. The fraction of sp³-hybridized carbons (Fsp3) is 0.105. The van der Waals surface area contributed by atoms with Crippen LogP contribution >= 0.6 is 11.3 Å². The second kappa shape index (κ2) is 6.17. The van der Waals surface area contributed by atoms with Gasteiger partial charge in [0.1, 0.15) is 12.4 Å². The second-order valence-corrected chi connectivity index (χ2v) is 7.01. The van der Waals surface area contributed by atoms with Gasteiger partial charge in [-0.1, -0.05) is 35.6 Å². The minimum absolute atomic E-state index is 0.269. The Morgan fingerprint density at radius 1 is 1.19 bits per heavy atom. The molecule has 1 aliphatic rings. The third-order valence-electron chi connectivity index (χ3n) is 4.14. The fourth-order valence-electron chi connectivity index (χ4n) is 2.88. The smallest absolute Gasteiger partial charge is 0.291 e. The average molecular weight is 381 g/mol. The molecule has 1 atom stereocenters. The maximum atomic E-state index is 13.3. The number of hydrogen-bond acceptors (Lipinski definition) is 6. The number of halogens is 1. The summed E-state index contributed by atoms with van der Waals surface area (Å²) >= 11 is 1.20. The number of para-hydroxylation sites is 2. The average Bonchev–Trinajstić information content (AvgIpc) is 3.21. The van der Waals surface area contributed by atoms with E-state index in [9.17, 15) is 9.18 Å². The van der Waals surface area contributed by atoms with E-state index in [-0.39, 0.29) is 18.0 Å². The van der Waals surface area contributed by atoms with Crippen molar-refractivity contribution in [1.82, 2.24) is 14.6 Å². The van der Waals surface area contributed by atoms with Gasteiger partial charge < -0.3 is 9.47 Å². The summed E-state index contributed by atoms with van der Waals surface area (Å²) in [5.74, 6) is 1.33. The Morgan fingerprint density at radius 2 is 2.04 bits per heavy atom. The van der Waals surface area contributed by atoms with E-state index in [0.717, 1.165) is 0 Å². The van der Waals surface area contributed by atoms with E-state index in [1.807, 2.05) is 24.3 Å². The van der Waals surface area contributed by atoms with Crippen molar-refractivity contribution in [2.45, 2.75) is 6.10 Å². The van der Waals surface area contributed by atoms with Gasteiger partial charge in [0.25, 0.3) is 5.56 Å². The molecule has 27 heavy (non-hydrogen) atoms. The van der Waals surface area contributed by atoms with Crippen molar-refractivity contribution >= 4 is 22.4 Å². The molecule has 0 spiro atoms. The van der Waals surface area contributed by atoms with Gasteiger partial charge in [-0.15, -0.1) is 5.10 Å². The fourth-order valence-corrected chi connectivity index (χ4v) is 3.79. The normalized spacial score (nSPS) is 16.8. The van der Waals surface area contributed by atoms with Crippen LogP contribution < -0.4 is 19.6 Å². The first-order valence-corrected chi connectivity index (χ1v) is 9.04. The van der Waals surface area contributed by atoms with Gasteiger partial charge in [0.05, 0.1) is 4.53 Å². The van der Waals surface area contributed by atoms with E-state index in [2.05, 4.69) is 10.1 Å². The Labute approximate surface area is 156 Å². The lowest BCUT2D eigenvalue weighted by atomic mass is 10.2. The third-order valence-corrected chi connectivity index (χ3v) is 5.10. The standard InChI is InChI=1S/C19H12FN3O3S/c20-12-5-3-4-11(8-12)9-16-18(24)23-19(27-16)21-17(22-23)15-10-25-13-6-1-2-7-14(13)26-15/h1-9,15H,10H2. The SMILES string of the molecule is O=c1c(=Cc2cccc(F)c2)sc2nc(C3COc4ccccc4O3)nn12. The molecule has 2 aromatic carbocycles.